The van der Waals surface area contributed by atoms with Crippen LogP contribution in [0.2, 0.25) is 0 Å². The van der Waals surface area contributed by atoms with Crippen molar-refractivity contribution < 1.29 is 49.7 Å². The monoisotopic (exact) mass is 652 g/mol. The Bertz CT molecular complexity index is 2620. The zero-order chi connectivity index (χ0) is 34.3. The van der Waals surface area contributed by atoms with Gasteiger partial charge in [-0.15, -0.1) is 0 Å². The first kappa shape index (κ1) is 29.4. The van der Waals surface area contributed by atoms with Gasteiger partial charge < -0.3 is 49.7 Å². The molecule has 0 fully saturated rings. The molecule has 2 aromatic heterocycles. The van der Waals surface area contributed by atoms with E-state index in [4.69, 9.17) is 8.83 Å². The van der Waals surface area contributed by atoms with E-state index in [1.54, 1.807) is 0 Å². The van der Waals surface area contributed by atoms with Crippen LogP contribution in [0, 0.1) is 11.3 Å². The third-order valence-corrected chi connectivity index (χ3v) is 10.0. The summed E-state index contributed by atoms with van der Waals surface area (Å²) in [4.78, 5) is 28.5. The fourth-order valence-corrected chi connectivity index (χ4v) is 8.46. The minimum atomic E-state index is -1.03. The fourth-order valence-electron chi connectivity index (χ4n) is 8.46. The van der Waals surface area contributed by atoms with E-state index in [0.717, 1.165) is 35.9 Å². The number of hydrogen-bond donors (Lipinski definition) is 8. The summed E-state index contributed by atoms with van der Waals surface area (Å²) in [6.07, 6.45) is 2.49. The van der Waals surface area contributed by atoms with Crippen molar-refractivity contribution in [1.82, 2.24) is 0 Å². The molecule has 0 aliphatic heterocycles. The summed E-state index contributed by atoms with van der Waals surface area (Å²) in [5, 5.41) is 85.8. The number of benzene rings is 4. The Kier molecular flexibility index (Phi) is 5.68. The molecule has 0 bridgehead atoms. The highest BCUT2D eigenvalue weighted by Gasteiger charge is 2.53. The largest absolute Gasteiger partial charge is 0.508 e. The Balaban J connectivity index is 1.59. The standard InChI is InChI=1S/C36H28O12/c1-11-4-15-21-26(32(45)33(46)35-27(21)31(44)25-17(40)6-13(38)8-20(25)48-35)22(28(15)36(2,3)10-11)14-9-18(41)29(42)34-23(14)30(43)24-16(39)5-12(37)7-19(24)47-34/h4-9,15,22,28,37-42,45-46H,10H2,1-3H3/t15-,22+,28-/m0/s1. The van der Waals surface area contributed by atoms with Crippen LogP contribution in [-0.2, 0) is 0 Å². The number of phenols is 8. The summed E-state index contributed by atoms with van der Waals surface area (Å²) >= 11 is 0. The summed E-state index contributed by atoms with van der Waals surface area (Å²) in [6.45, 7) is 5.86. The van der Waals surface area contributed by atoms with Crippen molar-refractivity contribution in [2.75, 3.05) is 0 Å². The minimum absolute atomic E-state index is 0.0553. The molecule has 12 heteroatoms. The summed E-state index contributed by atoms with van der Waals surface area (Å²) in [5.74, 6) is -7.09. The topological polar surface area (TPSA) is 222 Å². The molecule has 0 saturated heterocycles. The number of hydrogen-bond acceptors (Lipinski definition) is 12. The van der Waals surface area contributed by atoms with E-state index in [1.807, 2.05) is 26.8 Å². The fraction of sp³-hybridized carbons (Fsp3) is 0.222. The summed E-state index contributed by atoms with van der Waals surface area (Å²) in [5.41, 5.74) is -2.12. The van der Waals surface area contributed by atoms with Gasteiger partial charge in [0.1, 0.15) is 44.9 Å². The molecular weight excluding hydrogens is 624 g/mol. The summed E-state index contributed by atoms with van der Waals surface area (Å²) < 4.78 is 11.7. The Morgan fingerprint density at radius 3 is 1.77 bits per heavy atom. The van der Waals surface area contributed by atoms with Crippen LogP contribution < -0.4 is 10.9 Å². The van der Waals surface area contributed by atoms with E-state index in [9.17, 15) is 50.4 Å². The lowest BCUT2D eigenvalue weighted by molar-refractivity contribution is 0.173. The zero-order valence-corrected chi connectivity index (χ0v) is 25.6. The van der Waals surface area contributed by atoms with Gasteiger partial charge in [0.05, 0.1) is 10.8 Å². The van der Waals surface area contributed by atoms with E-state index < -0.39 is 85.6 Å². The normalized spacial score (nSPS) is 20.0. The first-order valence-electron chi connectivity index (χ1n) is 15.1. The Morgan fingerprint density at radius 2 is 1.19 bits per heavy atom. The van der Waals surface area contributed by atoms with Crippen LogP contribution >= 0.6 is 0 Å². The second kappa shape index (κ2) is 9.28. The molecule has 0 radical (unpaired) electrons. The third kappa shape index (κ3) is 3.65. The highest BCUT2D eigenvalue weighted by molar-refractivity contribution is 6.02. The van der Waals surface area contributed by atoms with Gasteiger partial charge >= 0.3 is 0 Å². The molecule has 8 rings (SSSR count). The van der Waals surface area contributed by atoms with Gasteiger partial charge in [0, 0.05) is 41.7 Å². The van der Waals surface area contributed by atoms with E-state index in [0.29, 0.717) is 6.42 Å². The molecule has 12 nitrogen and oxygen atoms in total. The zero-order valence-electron chi connectivity index (χ0n) is 25.6. The second-order valence-electron chi connectivity index (χ2n) is 13.5. The van der Waals surface area contributed by atoms with Gasteiger partial charge in [-0.3, -0.25) is 9.59 Å². The Hall–Kier alpha value is -6.04. The molecule has 244 valence electrons. The van der Waals surface area contributed by atoms with Crippen molar-refractivity contribution in [1.29, 1.82) is 0 Å². The average molecular weight is 653 g/mol. The van der Waals surface area contributed by atoms with Crippen LogP contribution in [0.1, 0.15) is 55.7 Å². The first-order valence-corrected chi connectivity index (χ1v) is 15.1. The van der Waals surface area contributed by atoms with Crippen LogP contribution in [-0.4, -0.2) is 40.9 Å². The molecular formula is C36H28O12. The summed E-state index contributed by atoms with van der Waals surface area (Å²) in [6, 6.07) is 5.28. The molecule has 0 spiro atoms. The molecule has 4 aromatic carbocycles. The highest BCUT2D eigenvalue weighted by atomic mass is 16.4. The van der Waals surface area contributed by atoms with E-state index in [1.165, 1.54) is 0 Å². The van der Waals surface area contributed by atoms with Gasteiger partial charge in [-0.1, -0.05) is 25.5 Å². The van der Waals surface area contributed by atoms with Gasteiger partial charge in [0.25, 0.3) is 0 Å². The average Bonchev–Trinajstić information content (AvgIpc) is 3.32. The molecule has 8 N–H and O–H groups in total. The van der Waals surface area contributed by atoms with Crippen molar-refractivity contribution in [2.45, 2.75) is 39.0 Å². The number of allylic oxidation sites excluding steroid dienone is 2. The van der Waals surface area contributed by atoms with Gasteiger partial charge in [-0.2, -0.15) is 0 Å². The number of rotatable bonds is 1. The third-order valence-electron chi connectivity index (χ3n) is 10.0. The molecule has 6 aromatic rings. The lowest BCUT2D eigenvalue weighted by Crippen LogP contribution is -2.33. The van der Waals surface area contributed by atoms with Crippen molar-refractivity contribution in [3.63, 3.8) is 0 Å². The molecule has 2 aliphatic rings. The molecule has 48 heavy (non-hydrogen) atoms. The van der Waals surface area contributed by atoms with Gasteiger partial charge in [-0.25, -0.2) is 0 Å². The lowest BCUT2D eigenvalue weighted by atomic mass is 9.61. The van der Waals surface area contributed by atoms with E-state index in [-0.39, 0.29) is 55.0 Å². The maximum absolute atomic E-state index is 14.3. The predicted octanol–water partition coefficient (Wildman–Crippen LogP) is 6.07. The van der Waals surface area contributed by atoms with Crippen molar-refractivity contribution in [3.05, 3.63) is 79.1 Å². The van der Waals surface area contributed by atoms with Crippen LogP contribution in [0.5, 0.6) is 46.0 Å². The Morgan fingerprint density at radius 1 is 0.646 bits per heavy atom. The van der Waals surface area contributed by atoms with Gasteiger partial charge in [0.15, 0.2) is 22.7 Å². The molecule has 0 amide bonds. The first-order chi connectivity index (χ1) is 22.6. The maximum Gasteiger partial charge on any atom is 0.204 e. The smallest absolute Gasteiger partial charge is 0.204 e. The highest BCUT2D eigenvalue weighted by Crippen LogP contribution is 2.66. The van der Waals surface area contributed by atoms with Crippen molar-refractivity contribution >= 4 is 43.9 Å². The van der Waals surface area contributed by atoms with Crippen LogP contribution in [0.4, 0.5) is 0 Å². The Labute approximate surface area is 268 Å². The van der Waals surface area contributed by atoms with E-state index >= 15 is 0 Å². The van der Waals surface area contributed by atoms with Gasteiger partial charge in [0.2, 0.25) is 22.4 Å². The van der Waals surface area contributed by atoms with Crippen LogP contribution in [0.25, 0.3) is 43.9 Å². The van der Waals surface area contributed by atoms with Crippen LogP contribution in [0.3, 0.4) is 0 Å². The van der Waals surface area contributed by atoms with Gasteiger partial charge in [-0.05, 0) is 41.9 Å². The molecule has 0 unspecified atom stereocenters. The molecule has 2 aliphatic carbocycles. The van der Waals surface area contributed by atoms with E-state index in [2.05, 4.69) is 0 Å². The molecule has 2 heterocycles. The lowest BCUT2D eigenvalue weighted by Gasteiger charge is -2.43. The quantitative estimate of drug-likeness (QED) is 0.0576. The predicted molar refractivity (Wildman–Crippen MR) is 174 cm³/mol. The summed E-state index contributed by atoms with van der Waals surface area (Å²) in [7, 11) is 0. The number of fused-ring (bicyclic) bond motifs is 8. The maximum atomic E-state index is 14.3. The minimum Gasteiger partial charge on any atom is -0.508 e. The molecule has 3 atom stereocenters. The molecule has 0 saturated carbocycles. The SMILES string of the molecule is CC1=C[C@H]2c3c(c(O)c(O)c4oc5cc(O)cc(O)c5c(=O)c34)[C@@H](c3cc(O)c(O)c4oc5cc(O)cc(O)c5c(=O)c34)[C@H]2C(C)(C)C1. The number of aromatic hydroxyl groups is 8. The number of phenolic OH excluding ortho intramolecular Hbond substituents is 8. The van der Waals surface area contributed by atoms with Crippen molar-refractivity contribution in [3.8, 4) is 46.0 Å². The van der Waals surface area contributed by atoms with Crippen molar-refractivity contribution in [2.24, 2.45) is 11.3 Å². The van der Waals surface area contributed by atoms with Crippen LogP contribution in [0.15, 0.2) is 60.4 Å². The second-order valence-corrected chi connectivity index (χ2v) is 13.5.